The maximum Gasteiger partial charge on any atom is 0.198 e. The van der Waals surface area contributed by atoms with E-state index in [0.717, 1.165) is 22.7 Å². The molecular weight excluding hydrogens is 1120 g/mol. The van der Waals surface area contributed by atoms with Crippen molar-refractivity contribution >= 4 is 61.8 Å². The topological polar surface area (TPSA) is 37.0 Å². The molecule has 2 N–H and O–H groups in total. The molecule has 2 heterocycles. The highest BCUT2D eigenvalue weighted by molar-refractivity contribution is 7.86. The number of anilines is 6. The summed E-state index contributed by atoms with van der Waals surface area (Å²) in [5.74, 6) is 0. The van der Waals surface area contributed by atoms with Gasteiger partial charge < -0.3 is 29.3 Å². The molecule has 0 unspecified atom stereocenters. The third-order valence-electron chi connectivity index (χ3n) is 15.8. The van der Waals surface area contributed by atoms with Gasteiger partial charge in [0.1, 0.15) is 0 Å². The molecule has 2 fully saturated rings. The van der Waals surface area contributed by atoms with Crippen LogP contribution in [0, 0.1) is 0 Å². The van der Waals surface area contributed by atoms with Crippen molar-refractivity contribution in [2.45, 2.75) is 36.3 Å². The van der Waals surface area contributed by atoms with Crippen molar-refractivity contribution in [3.8, 4) is 0 Å². The number of halogens is 1. The summed E-state index contributed by atoms with van der Waals surface area (Å²) in [6.07, 6.45) is 0. The molecule has 6 nitrogen and oxygen atoms in total. The first-order valence-corrected chi connectivity index (χ1v) is 32.7. The molecule has 0 saturated carbocycles. The normalized spacial score (nSPS) is 17.0. The molecule has 0 amide bonds. The molecule has 0 spiro atoms. The fourth-order valence-electron chi connectivity index (χ4n) is 11.8. The van der Waals surface area contributed by atoms with E-state index in [1.165, 1.54) is 44.8 Å². The zero-order valence-corrected chi connectivity index (χ0v) is 50.9. The van der Waals surface area contributed by atoms with Gasteiger partial charge in [0.25, 0.3) is 0 Å². The highest BCUT2D eigenvalue weighted by atomic mass is 35.7. The summed E-state index contributed by atoms with van der Waals surface area (Å²) in [4.78, 5) is 0. The summed E-state index contributed by atoms with van der Waals surface area (Å²) in [5, 5.41) is 7.50. The molecule has 12 aromatic carbocycles. The molecule has 6 atom stereocenters. The largest absolute Gasteiger partial charge is 0.376 e. The van der Waals surface area contributed by atoms with E-state index in [-0.39, 0.29) is 36.3 Å². The van der Waals surface area contributed by atoms with E-state index in [4.69, 9.17) is 11.2 Å². The Morgan fingerprint density at radius 2 is 0.483 bits per heavy atom. The predicted molar refractivity (Wildman–Crippen MR) is 372 cm³/mol. The van der Waals surface area contributed by atoms with Gasteiger partial charge in [-0.05, 0) is 117 Å². The summed E-state index contributed by atoms with van der Waals surface area (Å²) in [5.41, 5.74) is 14.7. The van der Waals surface area contributed by atoms with E-state index >= 15 is 0 Å². The van der Waals surface area contributed by atoms with Gasteiger partial charge in [0.15, 0.2) is 7.58 Å². The lowest BCUT2D eigenvalue weighted by Crippen LogP contribution is -2.25. The molecule has 87 heavy (non-hydrogen) atoms. The second-order valence-electron chi connectivity index (χ2n) is 21.3. The molecule has 14 rings (SSSR count). The van der Waals surface area contributed by atoms with Crippen LogP contribution in [0.2, 0.25) is 0 Å². The van der Waals surface area contributed by atoms with Gasteiger partial charge in [-0.3, -0.25) is 0 Å². The Morgan fingerprint density at radius 1 is 0.264 bits per heavy atom. The first-order chi connectivity index (χ1) is 43.2. The number of hydrogen-bond acceptors (Lipinski definition) is 6. The summed E-state index contributed by atoms with van der Waals surface area (Å²) < 4.78 is 9.91. The van der Waals surface area contributed by atoms with Crippen molar-refractivity contribution in [2.24, 2.45) is 0 Å². The summed E-state index contributed by atoms with van der Waals surface area (Å²) >= 11 is 7.32. The van der Waals surface area contributed by atoms with Gasteiger partial charge in [0.2, 0.25) is 0 Å². The number of hydrogen-bond donors (Lipinski definition) is 2. The zero-order chi connectivity index (χ0) is 58.8. The first kappa shape index (κ1) is 58.0. The lowest BCUT2D eigenvalue weighted by molar-refractivity contribution is 0.618. The number of nitrogens with zero attached hydrogens (tertiary/aromatic N) is 4. The van der Waals surface area contributed by atoms with Crippen LogP contribution in [0.15, 0.2) is 364 Å². The number of nitrogens with one attached hydrogen (secondary N) is 2. The smallest absolute Gasteiger partial charge is 0.198 e. The Balaban J connectivity index is 0.000000127. The molecule has 0 radical (unpaired) electrons. The van der Waals surface area contributed by atoms with Crippen molar-refractivity contribution in [2.75, 3.05) is 29.3 Å². The van der Waals surface area contributed by atoms with Crippen LogP contribution in [0.4, 0.5) is 34.1 Å². The highest BCUT2D eigenvalue weighted by Gasteiger charge is 2.49. The van der Waals surface area contributed by atoms with Crippen LogP contribution in [0.5, 0.6) is 0 Å². The molecule has 2 aliphatic rings. The zero-order valence-electron chi connectivity index (χ0n) is 48.2. The number of benzene rings is 12. The minimum absolute atomic E-state index is 0.0613. The molecule has 2 saturated heterocycles. The van der Waals surface area contributed by atoms with Gasteiger partial charge in [-0.15, -0.1) is 0 Å². The van der Waals surface area contributed by atoms with Crippen LogP contribution in [0.1, 0.15) is 69.6 Å². The molecule has 0 bridgehead atoms. The molecule has 428 valence electrons. The minimum Gasteiger partial charge on any atom is -0.376 e. The Bertz CT molecular complexity index is 3640. The van der Waals surface area contributed by atoms with Crippen LogP contribution in [0.25, 0.3) is 0 Å². The lowest BCUT2D eigenvalue weighted by atomic mass is 9.92. The predicted octanol–water partition coefficient (Wildman–Crippen LogP) is 21.7. The lowest BCUT2D eigenvalue weighted by Gasteiger charge is -2.31. The number of para-hydroxylation sites is 6. The average molecular weight is 1190 g/mol. The Kier molecular flexibility index (Phi) is 19.4. The van der Waals surface area contributed by atoms with Crippen LogP contribution in [-0.2, 0) is 0 Å². The standard InChI is InChI=1S/C26H22ClN2P.C26H23N2P.C26H24N2/c27-30-28(23-17-9-3-10-18-23)25(21-13-5-1-6-14-21)26(22-15-7-2-8-16-22)29(30)24-19-11-4-12-20-24;1-5-13-21(14-6-1)25-26(22-15-7-2-8-16-22)28(24-19-11-4-12-20-24)29-27(25)23-17-9-3-10-18-23;1-5-13-21(14-6-1)25(27-23-17-9-3-10-18-23)26(22-15-7-2-8-16-22)28-24-19-11-4-12-20-24/h1-20,25-26H;1-20,25-26,29H;1-20,25-28H/t3*25-,26-/m111/s1. The van der Waals surface area contributed by atoms with Crippen molar-refractivity contribution in [1.82, 2.24) is 0 Å². The molecule has 0 aliphatic carbocycles. The molecule has 2 aliphatic heterocycles. The van der Waals surface area contributed by atoms with Crippen molar-refractivity contribution in [1.29, 1.82) is 0 Å². The molecular formula is C78H69ClN6P2. The summed E-state index contributed by atoms with van der Waals surface area (Å²) in [7, 11) is -0.607. The Labute approximate surface area is 521 Å². The Morgan fingerprint density at radius 3 is 0.759 bits per heavy atom. The Hall–Kier alpha value is -9.41. The average Bonchev–Trinajstić information content (AvgIpc) is 1.95. The monoisotopic (exact) mass is 1190 g/mol. The maximum atomic E-state index is 7.32. The highest BCUT2D eigenvalue weighted by Crippen LogP contribution is 2.69. The van der Waals surface area contributed by atoms with Crippen LogP contribution < -0.4 is 29.3 Å². The van der Waals surface area contributed by atoms with Gasteiger partial charge in [-0.25, -0.2) is 0 Å². The van der Waals surface area contributed by atoms with Gasteiger partial charge in [0.05, 0.1) is 45.1 Å². The van der Waals surface area contributed by atoms with Crippen molar-refractivity contribution in [3.05, 3.63) is 397 Å². The second-order valence-corrected chi connectivity index (χ2v) is 24.7. The van der Waals surface area contributed by atoms with E-state index < -0.39 is 7.58 Å². The van der Waals surface area contributed by atoms with Gasteiger partial charge in [-0.1, -0.05) is 291 Å². The fourth-order valence-corrected chi connectivity index (χ4v) is 16.2. The van der Waals surface area contributed by atoms with E-state index in [2.05, 4.69) is 381 Å². The third kappa shape index (κ3) is 14.0. The van der Waals surface area contributed by atoms with Crippen LogP contribution in [-0.4, -0.2) is 0 Å². The van der Waals surface area contributed by atoms with E-state index in [1.807, 2.05) is 12.1 Å². The quantitative estimate of drug-likeness (QED) is 0.0997. The van der Waals surface area contributed by atoms with Crippen LogP contribution in [0.3, 0.4) is 0 Å². The van der Waals surface area contributed by atoms with Gasteiger partial charge in [0, 0.05) is 34.1 Å². The second kappa shape index (κ2) is 29.1. The molecule has 12 aromatic rings. The maximum absolute atomic E-state index is 7.32. The van der Waals surface area contributed by atoms with E-state index in [1.54, 1.807) is 0 Å². The van der Waals surface area contributed by atoms with Crippen molar-refractivity contribution < 1.29 is 0 Å². The molecule has 9 heteroatoms. The summed E-state index contributed by atoms with van der Waals surface area (Å²) in [6.45, 7) is 0. The van der Waals surface area contributed by atoms with Crippen molar-refractivity contribution in [3.63, 3.8) is 0 Å². The minimum atomic E-state index is -1.13. The van der Waals surface area contributed by atoms with E-state index in [9.17, 15) is 0 Å². The van der Waals surface area contributed by atoms with Gasteiger partial charge >= 0.3 is 0 Å². The van der Waals surface area contributed by atoms with E-state index in [0.29, 0.717) is 8.88 Å². The fraction of sp³-hybridized carbons (Fsp3) is 0.0769. The third-order valence-corrected chi connectivity index (χ3v) is 19.9. The van der Waals surface area contributed by atoms with Crippen LogP contribution >= 0.6 is 27.7 Å². The summed E-state index contributed by atoms with van der Waals surface area (Å²) in [6, 6.07) is 129. The number of rotatable bonds is 15. The SMILES string of the molecule is ClP1N(c2ccccc2)[C@H](c2ccccc2)[C@@H](c2ccccc2)N1c1ccccc1.c1ccc(N[C@H](c2ccccc2)[C@H](Nc2ccccc2)c2ccccc2)cc1.c1ccc([C@@H]2[C@@H](c3ccccc3)N(c3ccccc3)PN2c2ccccc2)cc1. The molecule has 0 aromatic heterocycles. The van der Waals surface area contributed by atoms with Gasteiger partial charge in [-0.2, -0.15) is 0 Å². The first-order valence-electron chi connectivity index (χ1n) is 29.7.